The molecule has 0 saturated heterocycles. The predicted octanol–water partition coefficient (Wildman–Crippen LogP) is 4.21. The van der Waals surface area contributed by atoms with Crippen molar-refractivity contribution in [3.05, 3.63) is 29.8 Å². The molecule has 0 radical (unpaired) electrons. The highest BCUT2D eigenvalue weighted by Crippen LogP contribution is 2.35. The van der Waals surface area contributed by atoms with Crippen molar-refractivity contribution in [3.63, 3.8) is 0 Å². The quantitative estimate of drug-likeness (QED) is 0.141. The second-order valence-corrected chi connectivity index (χ2v) is 16.1. The predicted molar refractivity (Wildman–Crippen MR) is 137 cm³/mol. The van der Waals surface area contributed by atoms with E-state index in [9.17, 15) is 8.42 Å². The Morgan fingerprint density at radius 1 is 0.765 bits per heavy atom. The lowest BCUT2D eigenvalue weighted by Gasteiger charge is -2.31. The van der Waals surface area contributed by atoms with E-state index >= 15 is 0 Å². The van der Waals surface area contributed by atoms with Gasteiger partial charge in [0.1, 0.15) is 8.07 Å². The molecule has 0 amide bonds. The van der Waals surface area contributed by atoms with Gasteiger partial charge >= 0.3 is 0 Å². The summed E-state index contributed by atoms with van der Waals surface area (Å²) in [5, 5.41) is 0.280. The smallest absolute Gasteiger partial charge is 0.297 e. The van der Waals surface area contributed by atoms with Crippen LogP contribution < -0.4 is 0 Å². The molecule has 194 valence electrons. The van der Waals surface area contributed by atoms with Gasteiger partial charge in [-0.05, 0) is 24.1 Å². The van der Waals surface area contributed by atoms with E-state index in [-0.39, 0.29) is 23.1 Å². The fourth-order valence-electron chi connectivity index (χ4n) is 2.33. The van der Waals surface area contributed by atoms with Gasteiger partial charge in [0.2, 0.25) is 0 Å². The standard InChI is InChI=1S/C25H42O7SSi/c1-23-9-11-24(12-10-23)33(26,27)32-21-20-31-19-18-30-17-16-29-15-14-28-13-7-8-22-34(5,6)25(2,3)4/h9-12H,7,13-21H2,1-6H3. The van der Waals surface area contributed by atoms with Crippen molar-refractivity contribution < 1.29 is 31.5 Å². The summed E-state index contributed by atoms with van der Waals surface area (Å²) >= 11 is 0. The molecule has 9 heteroatoms. The van der Waals surface area contributed by atoms with Crippen molar-refractivity contribution in [3.8, 4) is 11.5 Å². The van der Waals surface area contributed by atoms with Crippen molar-refractivity contribution in [2.24, 2.45) is 0 Å². The SMILES string of the molecule is Cc1ccc(S(=O)(=O)OCCOCCOCCOCCOCCC#C[Si](C)(C)C(C)(C)C)cc1. The van der Waals surface area contributed by atoms with E-state index in [1.54, 1.807) is 12.1 Å². The van der Waals surface area contributed by atoms with Crippen LogP contribution in [0.1, 0.15) is 32.8 Å². The molecule has 0 N–H and O–H groups in total. The number of rotatable bonds is 16. The van der Waals surface area contributed by atoms with Gasteiger partial charge in [0.15, 0.2) is 0 Å². The third-order valence-electron chi connectivity index (χ3n) is 5.54. The van der Waals surface area contributed by atoms with Crippen LogP contribution in [0.5, 0.6) is 0 Å². The Balaban J connectivity index is 1.92. The zero-order valence-corrected chi connectivity index (χ0v) is 23.5. The van der Waals surface area contributed by atoms with Crippen LogP contribution >= 0.6 is 0 Å². The van der Waals surface area contributed by atoms with Crippen molar-refractivity contribution in [1.82, 2.24) is 0 Å². The Morgan fingerprint density at radius 3 is 1.68 bits per heavy atom. The lowest BCUT2D eigenvalue weighted by Crippen LogP contribution is -2.35. The Bertz CT molecular complexity index is 850. The number of aryl methyl sites for hydroxylation is 1. The molecule has 0 atom stereocenters. The van der Waals surface area contributed by atoms with Crippen LogP contribution in [0, 0.1) is 18.4 Å². The summed E-state index contributed by atoms with van der Waals surface area (Å²) in [6, 6.07) is 6.51. The largest absolute Gasteiger partial charge is 0.378 e. The zero-order chi connectivity index (χ0) is 25.5. The minimum atomic E-state index is -3.75. The monoisotopic (exact) mass is 514 g/mol. The van der Waals surface area contributed by atoms with Crippen LogP contribution in [0.15, 0.2) is 29.2 Å². The van der Waals surface area contributed by atoms with Crippen molar-refractivity contribution in [1.29, 1.82) is 0 Å². The van der Waals surface area contributed by atoms with E-state index in [2.05, 4.69) is 45.3 Å². The summed E-state index contributed by atoms with van der Waals surface area (Å²) in [6.07, 6.45) is 0.749. The molecule has 0 aliphatic carbocycles. The van der Waals surface area contributed by atoms with E-state index < -0.39 is 18.2 Å². The molecule has 7 nitrogen and oxygen atoms in total. The van der Waals surface area contributed by atoms with E-state index in [0.717, 1.165) is 12.0 Å². The van der Waals surface area contributed by atoms with Crippen LogP contribution in [0.2, 0.25) is 18.1 Å². The highest BCUT2D eigenvalue weighted by molar-refractivity contribution is 7.86. The second kappa shape index (κ2) is 15.7. The first-order valence-corrected chi connectivity index (χ1v) is 16.1. The zero-order valence-electron chi connectivity index (χ0n) is 21.6. The summed E-state index contributed by atoms with van der Waals surface area (Å²) in [5.41, 5.74) is 4.46. The lowest BCUT2D eigenvalue weighted by molar-refractivity contribution is -0.00387. The molecule has 0 bridgehead atoms. The highest BCUT2D eigenvalue weighted by Gasteiger charge is 2.33. The van der Waals surface area contributed by atoms with Crippen LogP contribution in [-0.4, -0.2) is 76.0 Å². The normalized spacial score (nSPS) is 12.4. The van der Waals surface area contributed by atoms with Gasteiger partial charge in [0, 0.05) is 6.42 Å². The van der Waals surface area contributed by atoms with Crippen LogP contribution in [0.25, 0.3) is 0 Å². The van der Waals surface area contributed by atoms with E-state index in [0.29, 0.717) is 46.2 Å². The fourth-order valence-corrected chi connectivity index (χ4v) is 4.17. The molecule has 0 aromatic heterocycles. The van der Waals surface area contributed by atoms with Gasteiger partial charge in [0.05, 0.1) is 64.4 Å². The number of hydrogen-bond donors (Lipinski definition) is 0. The maximum absolute atomic E-state index is 12.0. The lowest BCUT2D eigenvalue weighted by atomic mass is 10.2. The third-order valence-corrected chi connectivity index (χ3v) is 11.4. The average molecular weight is 515 g/mol. The van der Waals surface area contributed by atoms with Crippen LogP contribution in [-0.2, 0) is 33.2 Å². The molecule has 0 unspecified atom stereocenters. The maximum Gasteiger partial charge on any atom is 0.297 e. The van der Waals surface area contributed by atoms with Crippen LogP contribution in [0.4, 0.5) is 0 Å². The van der Waals surface area contributed by atoms with E-state index in [1.165, 1.54) is 12.1 Å². The first-order valence-electron chi connectivity index (χ1n) is 11.7. The summed E-state index contributed by atoms with van der Waals surface area (Å²) in [4.78, 5) is 0.141. The highest BCUT2D eigenvalue weighted by atomic mass is 32.2. The Hall–Kier alpha value is -1.25. The van der Waals surface area contributed by atoms with Crippen molar-refractivity contribution >= 4 is 18.2 Å². The molecule has 0 spiro atoms. The minimum absolute atomic E-state index is 0.0405. The Kier molecular flexibility index (Phi) is 14.2. The summed E-state index contributed by atoms with van der Waals surface area (Å²) in [5.74, 6) is 3.27. The minimum Gasteiger partial charge on any atom is -0.378 e. The van der Waals surface area contributed by atoms with Gasteiger partial charge < -0.3 is 18.9 Å². The van der Waals surface area contributed by atoms with Crippen molar-refractivity contribution in [2.75, 3.05) is 59.5 Å². The fraction of sp³-hybridized carbons (Fsp3) is 0.680. The first kappa shape index (κ1) is 30.8. The number of hydrogen-bond acceptors (Lipinski definition) is 7. The van der Waals surface area contributed by atoms with Gasteiger partial charge in [0.25, 0.3) is 10.1 Å². The molecule has 1 aromatic carbocycles. The molecular weight excluding hydrogens is 472 g/mol. The molecular formula is C25H42O7SSi. The molecule has 0 heterocycles. The summed E-state index contributed by atoms with van der Waals surface area (Å²) in [7, 11) is -5.28. The molecule has 0 fully saturated rings. The van der Waals surface area contributed by atoms with E-state index in [4.69, 9.17) is 23.1 Å². The maximum atomic E-state index is 12.0. The van der Waals surface area contributed by atoms with Gasteiger partial charge in [-0.3, -0.25) is 4.18 Å². The molecule has 0 aliphatic heterocycles. The Morgan fingerprint density at radius 2 is 1.21 bits per heavy atom. The molecule has 34 heavy (non-hydrogen) atoms. The second-order valence-electron chi connectivity index (χ2n) is 9.47. The molecule has 1 rings (SSSR count). The molecule has 0 aliphatic rings. The van der Waals surface area contributed by atoms with Gasteiger partial charge in [-0.15, -0.1) is 11.5 Å². The summed E-state index contributed by atoms with van der Waals surface area (Å²) in [6.45, 7) is 16.8. The molecule has 1 aromatic rings. The third kappa shape index (κ3) is 13.0. The number of benzene rings is 1. The first-order chi connectivity index (χ1) is 16.0. The number of ether oxygens (including phenoxy) is 4. The van der Waals surface area contributed by atoms with Gasteiger partial charge in [-0.25, -0.2) is 0 Å². The Labute approximate surface area is 207 Å². The summed E-state index contributed by atoms with van der Waals surface area (Å²) < 4.78 is 50.8. The molecule has 0 saturated carbocycles. The van der Waals surface area contributed by atoms with Gasteiger partial charge in [-0.2, -0.15) is 8.42 Å². The van der Waals surface area contributed by atoms with Crippen molar-refractivity contribution in [2.45, 2.75) is 57.1 Å². The average Bonchev–Trinajstić information content (AvgIpc) is 2.75. The topological polar surface area (TPSA) is 80.3 Å². The van der Waals surface area contributed by atoms with Crippen LogP contribution in [0.3, 0.4) is 0 Å². The van der Waals surface area contributed by atoms with Gasteiger partial charge in [-0.1, -0.05) is 51.6 Å². The van der Waals surface area contributed by atoms with E-state index in [1.807, 2.05) is 6.92 Å².